The van der Waals surface area contributed by atoms with Crippen molar-refractivity contribution < 1.29 is 0 Å². The zero-order valence-electron chi connectivity index (χ0n) is 11.5. The zero-order valence-corrected chi connectivity index (χ0v) is 13.1. The Morgan fingerprint density at radius 2 is 1.68 bits per heavy atom. The van der Waals surface area contributed by atoms with Gasteiger partial charge in [-0.3, -0.25) is 0 Å². The maximum atomic E-state index is 3.57. The summed E-state index contributed by atoms with van der Waals surface area (Å²) in [6.45, 7) is 5.17. The molecule has 19 heavy (non-hydrogen) atoms. The molecule has 0 spiro atoms. The lowest BCUT2D eigenvalue weighted by Gasteiger charge is -2.09. The highest BCUT2D eigenvalue weighted by Gasteiger charge is 1.98. The molecule has 2 heteroatoms. The molecule has 0 bridgehead atoms. The number of hydrogen-bond donors (Lipinski definition) is 1. The second-order valence-electron chi connectivity index (χ2n) is 4.88. The van der Waals surface area contributed by atoms with E-state index in [1.165, 1.54) is 33.3 Å². The Balaban J connectivity index is 1.96. The van der Waals surface area contributed by atoms with Crippen LogP contribution in [-0.2, 0) is 13.0 Å². The molecule has 0 aliphatic carbocycles. The lowest BCUT2D eigenvalue weighted by Crippen LogP contribution is -1.99. The second kappa shape index (κ2) is 6.76. The van der Waals surface area contributed by atoms with Crippen molar-refractivity contribution in [2.24, 2.45) is 0 Å². The van der Waals surface area contributed by atoms with E-state index in [0.717, 1.165) is 13.0 Å². The van der Waals surface area contributed by atoms with Crippen molar-refractivity contribution in [1.29, 1.82) is 0 Å². The van der Waals surface area contributed by atoms with Gasteiger partial charge in [0.1, 0.15) is 0 Å². The summed E-state index contributed by atoms with van der Waals surface area (Å²) in [5.74, 6) is 0. The Hall–Kier alpha value is -1.28. The molecule has 0 radical (unpaired) electrons. The van der Waals surface area contributed by atoms with Crippen LogP contribution in [-0.4, -0.2) is 0 Å². The number of anilines is 1. The number of hydrogen-bond acceptors (Lipinski definition) is 1. The highest BCUT2D eigenvalue weighted by atomic mass is 79.9. The average molecular weight is 318 g/mol. The van der Waals surface area contributed by atoms with E-state index in [1.54, 1.807) is 0 Å². The summed E-state index contributed by atoms with van der Waals surface area (Å²) in [5, 5.41) is 3.46. The van der Waals surface area contributed by atoms with E-state index in [0.29, 0.717) is 0 Å². The van der Waals surface area contributed by atoms with Gasteiger partial charge in [0.15, 0.2) is 0 Å². The molecule has 0 amide bonds. The first-order valence-electron chi connectivity index (χ1n) is 6.77. The molecule has 2 aromatic carbocycles. The van der Waals surface area contributed by atoms with E-state index in [-0.39, 0.29) is 0 Å². The number of rotatable bonds is 5. The van der Waals surface area contributed by atoms with Crippen molar-refractivity contribution in [2.45, 2.75) is 33.2 Å². The minimum atomic E-state index is 0.853. The van der Waals surface area contributed by atoms with Crippen molar-refractivity contribution in [3.05, 3.63) is 63.6 Å². The van der Waals surface area contributed by atoms with E-state index in [4.69, 9.17) is 0 Å². The van der Waals surface area contributed by atoms with Gasteiger partial charge in [0.2, 0.25) is 0 Å². The monoisotopic (exact) mass is 317 g/mol. The topological polar surface area (TPSA) is 12.0 Å². The van der Waals surface area contributed by atoms with Crippen LogP contribution < -0.4 is 5.32 Å². The third-order valence-corrected chi connectivity index (χ3v) is 4.08. The number of benzene rings is 2. The van der Waals surface area contributed by atoms with Gasteiger partial charge in [-0.05, 0) is 48.2 Å². The summed E-state index contributed by atoms with van der Waals surface area (Å²) in [4.78, 5) is 0. The second-order valence-corrected chi connectivity index (χ2v) is 5.74. The van der Waals surface area contributed by atoms with Crippen LogP contribution in [0.4, 0.5) is 5.69 Å². The minimum Gasteiger partial charge on any atom is -0.381 e. The lowest BCUT2D eigenvalue weighted by atomic mass is 10.1. The van der Waals surface area contributed by atoms with Gasteiger partial charge in [-0.15, -0.1) is 0 Å². The molecule has 1 N–H and O–H groups in total. The fraction of sp³-hybridized carbons (Fsp3) is 0.294. The van der Waals surface area contributed by atoms with Gasteiger partial charge in [0.05, 0.1) is 0 Å². The molecular weight excluding hydrogens is 298 g/mol. The van der Waals surface area contributed by atoms with Crippen LogP contribution in [0.2, 0.25) is 0 Å². The van der Waals surface area contributed by atoms with Crippen molar-refractivity contribution in [2.75, 3.05) is 5.32 Å². The Morgan fingerprint density at radius 3 is 2.32 bits per heavy atom. The minimum absolute atomic E-state index is 0.853. The fourth-order valence-corrected chi connectivity index (χ4v) is 2.45. The van der Waals surface area contributed by atoms with Crippen LogP contribution in [0.25, 0.3) is 0 Å². The molecule has 100 valence electrons. The van der Waals surface area contributed by atoms with E-state index in [2.05, 4.69) is 77.6 Å². The summed E-state index contributed by atoms with van der Waals surface area (Å²) < 4.78 is 1.17. The summed E-state index contributed by atoms with van der Waals surface area (Å²) in [6.07, 6.45) is 2.36. The van der Waals surface area contributed by atoms with Crippen LogP contribution in [0, 0.1) is 6.92 Å². The van der Waals surface area contributed by atoms with Gasteiger partial charge in [-0.2, -0.15) is 0 Å². The molecule has 0 heterocycles. The van der Waals surface area contributed by atoms with Crippen LogP contribution in [0.3, 0.4) is 0 Å². The molecule has 0 fully saturated rings. The molecular formula is C17H20BrN. The summed E-state index contributed by atoms with van der Waals surface area (Å²) in [6, 6.07) is 15.2. The fourth-order valence-electron chi connectivity index (χ4n) is 2.03. The van der Waals surface area contributed by atoms with Gasteiger partial charge in [-0.25, -0.2) is 0 Å². The Labute approximate surface area is 124 Å². The quantitative estimate of drug-likeness (QED) is 0.786. The third kappa shape index (κ3) is 4.10. The predicted octanol–water partition coefficient (Wildman–Crippen LogP) is 5.32. The Bertz CT molecular complexity index is 531. The maximum absolute atomic E-state index is 3.57. The zero-order chi connectivity index (χ0) is 13.7. The van der Waals surface area contributed by atoms with E-state index in [1.807, 2.05) is 0 Å². The number of aryl methyl sites for hydroxylation is 2. The van der Waals surface area contributed by atoms with Crippen molar-refractivity contribution in [1.82, 2.24) is 0 Å². The molecule has 1 nitrogen and oxygen atoms in total. The van der Waals surface area contributed by atoms with Gasteiger partial charge in [-0.1, -0.05) is 53.5 Å². The van der Waals surface area contributed by atoms with E-state index < -0.39 is 0 Å². The third-order valence-electron chi connectivity index (χ3n) is 3.23. The standard InChI is InChI=1S/C17H20BrN/c1-3-4-14-7-9-16(10-8-14)19-12-15-6-5-13(2)17(18)11-15/h5-11,19H,3-4,12H2,1-2H3. The normalized spacial score (nSPS) is 10.5. The Kier molecular flexibility index (Phi) is 5.03. The van der Waals surface area contributed by atoms with Crippen LogP contribution in [0.5, 0.6) is 0 Å². The van der Waals surface area contributed by atoms with Crippen molar-refractivity contribution >= 4 is 21.6 Å². The highest BCUT2D eigenvalue weighted by molar-refractivity contribution is 9.10. The first-order chi connectivity index (χ1) is 9.19. The predicted molar refractivity (Wildman–Crippen MR) is 86.6 cm³/mol. The number of halogens is 1. The summed E-state index contributed by atoms with van der Waals surface area (Å²) >= 11 is 3.57. The molecule has 2 aromatic rings. The average Bonchev–Trinajstić information content (AvgIpc) is 2.42. The molecule has 0 unspecified atom stereocenters. The molecule has 0 aromatic heterocycles. The van der Waals surface area contributed by atoms with Gasteiger partial charge in [0, 0.05) is 16.7 Å². The molecule has 0 aliphatic heterocycles. The lowest BCUT2D eigenvalue weighted by molar-refractivity contribution is 0.922. The van der Waals surface area contributed by atoms with Crippen LogP contribution in [0.15, 0.2) is 46.9 Å². The van der Waals surface area contributed by atoms with Crippen molar-refractivity contribution in [3.8, 4) is 0 Å². The molecule has 0 atom stereocenters. The summed E-state index contributed by atoms with van der Waals surface area (Å²) in [7, 11) is 0. The first kappa shape index (κ1) is 14.1. The molecule has 2 rings (SSSR count). The first-order valence-corrected chi connectivity index (χ1v) is 7.56. The highest BCUT2D eigenvalue weighted by Crippen LogP contribution is 2.18. The molecule has 0 saturated carbocycles. The van der Waals surface area contributed by atoms with Gasteiger partial charge < -0.3 is 5.32 Å². The molecule has 0 aliphatic rings. The Morgan fingerprint density at radius 1 is 1.00 bits per heavy atom. The van der Waals surface area contributed by atoms with Crippen molar-refractivity contribution in [3.63, 3.8) is 0 Å². The van der Waals surface area contributed by atoms with Crippen LogP contribution >= 0.6 is 15.9 Å². The SMILES string of the molecule is CCCc1ccc(NCc2ccc(C)c(Br)c2)cc1. The summed E-state index contributed by atoms with van der Waals surface area (Å²) in [5.41, 5.74) is 5.14. The smallest absolute Gasteiger partial charge is 0.0401 e. The maximum Gasteiger partial charge on any atom is 0.0401 e. The number of nitrogens with one attached hydrogen (secondary N) is 1. The van der Waals surface area contributed by atoms with Gasteiger partial charge >= 0.3 is 0 Å². The van der Waals surface area contributed by atoms with E-state index in [9.17, 15) is 0 Å². The van der Waals surface area contributed by atoms with Crippen LogP contribution in [0.1, 0.15) is 30.0 Å². The van der Waals surface area contributed by atoms with E-state index >= 15 is 0 Å². The largest absolute Gasteiger partial charge is 0.381 e. The molecule has 0 saturated heterocycles. The van der Waals surface area contributed by atoms with Gasteiger partial charge in [0.25, 0.3) is 0 Å².